The molecule has 2 aromatic rings. The maximum Gasteiger partial charge on any atom is 0.225 e. The Labute approximate surface area is 213 Å². The molecule has 192 valence electrons. The Hall–Kier alpha value is -3.04. The molecule has 0 bridgehead atoms. The number of carbonyl (C=O) groups excluding carboxylic acids is 1. The van der Waals surface area contributed by atoms with Crippen LogP contribution in [0.4, 0.5) is 5.82 Å². The first kappa shape index (κ1) is 24.6. The Balaban J connectivity index is 1.15. The monoisotopic (exact) mass is 491 g/mol. The van der Waals surface area contributed by atoms with Gasteiger partial charge in [-0.15, -0.1) is 0 Å². The van der Waals surface area contributed by atoms with Gasteiger partial charge in [-0.25, -0.2) is 4.98 Å². The van der Waals surface area contributed by atoms with Gasteiger partial charge < -0.3 is 15.4 Å². The maximum atomic E-state index is 13.3. The molecule has 0 aliphatic carbocycles. The summed E-state index contributed by atoms with van der Waals surface area (Å²) >= 11 is 0. The molecule has 3 aliphatic rings. The van der Waals surface area contributed by atoms with Gasteiger partial charge in [0.2, 0.25) is 5.91 Å². The fourth-order valence-corrected chi connectivity index (χ4v) is 5.48. The lowest BCUT2D eigenvalue weighted by Crippen LogP contribution is -2.46. The van der Waals surface area contributed by atoms with Gasteiger partial charge >= 0.3 is 0 Å². The number of nitrogens with zero attached hydrogens (tertiary/aromatic N) is 6. The number of ether oxygens (including phenoxy) is 1. The molecule has 0 saturated carbocycles. The Morgan fingerprint density at radius 2 is 1.69 bits per heavy atom. The number of nitrogens with two attached hydrogens (primary N) is 1. The second kappa shape index (κ2) is 11.8. The van der Waals surface area contributed by atoms with Gasteiger partial charge in [-0.2, -0.15) is 5.10 Å². The fraction of sp³-hybridized carbons (Fsp3) is 0.556. The topological polar surface area (TPSA) is 100 Å². The maximum absolute atomic E-state index is 13.3. The largest absolute Gasteiger partial charge is 0.384 e. The van der Waals surface area contributed by atoms with E-state index in [2.05, 4.69) is 24.8 Å². The molecule has 0 aromatic carbocycles. The number of piperidine rings is 2. The minimum atomic E-state index is 0.123. The number of hydrogen-bond donors (Lipinski definition) is 1. The average Bonchev–Trinajstić information content (AvgIpc) is 2.93. The van der Waals surface area contributed by atoms with Crippen LogP contribution >= 0.6 is 0 Å². The number of rotatable bonds is 6. The van der Waals surface area contributed by atoms with Crippen LogP contribution in [0, 0.1) is 11.8 Å². The highest BCUT2D eigenvalue weighted by Gasteiger charge is 2.33. The van der Waals surface area contributed by atoms with Crippen molar-refractivity contribution in [3.05, 3.63) is 54.0 Å². The number of amides is 1. The van der Waals surface area contributed by atoms with E-state index in [9.17, 15) is 4.79 Å². The molecule has 3 fully saturated rings. The zero-order valence-corrected chi connectivity index (χ0v) is 21.0. The zero-order valence-electron chi connectivity index (χ0n) is 21.0. The van der Waals surface area contributed by atoms with E-state index in [-0.39, 0.29) is 5.92 Å². The number of carbonyl (C=O) groups is 1. The number of nitrogen functional groups attached to an aromatic ring is 1. The molecule has 36 heavy (non-hydrogen) atoms. The summed E-state index contributed by atoms with van der Waals surface area (Å²) in [5, 5.41) is 7.13. The first-order valence-electron chi connectivity index (χ1n) is 13.2. The molecule has 1 amide bonds. The molecule has 3 saturated heterocycles. The lowest BCUT2D eigenvalue weighted by molar-refractivity contribution is -0.138. The minimum absolute atomic E-state index is 0.123. The Morgan fingerprint density at radius 1 is 0.944 bits per heavy atom. The summed E-state index contributed by atoms with van der Waals surface area (Å²) in [6.45, 7) is 7.34. The van der Waals surface area contributed by atoms with Crippen LogP contribution < -0.4 is 5.73 Å². The van der Waals surface area contributed by atoms with Crippen LogP contribution in [0.3, 0.4) is 0 Å². The van der Waals surface area contributed by atoms with Crippen LogP contribution in [-0.2, 0) is 16.1 Å². The predicted octanol–water partition coefficient (Wildman–Crippen LogP) is 2.25. The normalized spacial score (nSPS) is 21.1. The third-order valence-corrected chi connectivity index (χ3v) is 7.55. The molecular weight excluding hydrogens is 454 g/mol. The highest BCUT2D eigenvalue weighted by molar-refractivity contribution is 6.00. The molecule has 0 spiro atoms. The van der Waals surface area contributed by atoms with Crippen LogP contribution in [0.2, 0.25) is 0 Å². The number of hydrazone groups is 1. The molecular formula is C27H37N7O2. The number of likely N-dealkylation sites (tertiary alicyclic amines) is 2. The summed E-state index contributed by atoms with van der Waals surface area (Å²) < 4.78 is 5.49. The lowest BCUT2D eigenvalue weighted by atomic mass is 9.88. The van der Waals surface area contributed by atoms with Gasteiger partial charge in [-0.3, -0.25) is 19.7 Å². The van der Waals surface area contributed by atoms with Crippen molar-refractivity contribution in [2.24, 2.45) is 16.9 Å². The van der Waals surface area contributed by atoms with Crippen molar-refractivity contribution < 1.29 is 9.53 Å². The van der Waals surface area contributed by atoms with Gasteiger partial charge in [0.05, 0.1) is 37.7 Å². The van der Waals surface area contributed by atoms with Crippen LogP contribution in [0.5, 0.6) is 0 Å². The minimum Gasteiger partial charge on any atom is -0.384 e. The SMILES string of the molecule is Nc1cc(CN2CCC(C(=O)N3CCC(C(=NN4CCOCC4)c4ccccn4)CC3)CC2)ccn1. The van der Waals surface area contributed by atoms with E-state index in [1.54, 1.807) is 6.20 Å². The summed E-state index contributed by atoms with van der Waals surface area (Å²) in [7, 11) is 0. The van der Waals surface area contributed by atoms with Gasteiger partial charge in [0, 0.05) is 43.9 Å². The molecule has 0 atom stereocenters. The van der Waals surface area contributed by atoms with Gasteiger partial charge in [0.15, 0.2) is 0 Å². The zero-order chi connectivity index (χ0) is 24.7. The van der Waals surface area contributed by atoms with Crippen molar-refractivity contribution in [2.45, 2.75) is 32.2 Å². The summed E-state index contributed by atoms with van der Waals surface area (Å²) in [5.41, 5.74) is 8.99. The second-order valence-corrected chi connectivity index (χ2v) is 10.0. The van der Waals surface area contributed by atoms with E-state index in [4.69, 9.17) is 15.6 Å². The number of aromatic nitrogens is 2. The molecule has 0 radical (unpaired) electrons. The van der Waals surface area contributed by atoms with Crippen LogP contribution in [-0.4, -0.2) is 88.9 Å². The van der Waals surface area contributed by atoms with Gasteiger partial charge in [-0.1, -0.05) is 6.07 Å². The Kier molecular flexibility index (Phi) is 8.08. The third kappa shape index (κ3) is 6.20. The van der Waals surface area contributed by atoms with E-state index in [1.165, 1.54) is 5.56 Å². The van der Waals surface area contributed by atoms with Crippen molar-refractivity contribution >= 4 is 17.4 Å². The smallest absolute Gasteiger partial charge is 0.225 e. The van der Waals surface area contributed by atoms with E-state index in [0.29, 0.717) is 30.9 Å². The van der Waals surface area contributed by atoms with E-state index in [0.717, 1.165) is 82.9 Å². The number of morpholine rings is 1. The van der Waals surface area contributed by atoms with Gasteiger partial charge in [-0.05, 0) is 68.6 Å². The van der Waals surface area contributed by atoms with Crippen molar-refractivity contribution in [3.8, 4) is 0 Å². The van der Waals surface area contributed by atoms with Crippen molar-refractivity contribution in [1.82, 2.24) is 24.8 Å². The third-order valence-electron chi connectivity index (χ3n) is 7.55. The van der Waals surface area contributed by atoms with Crippen LogP contribution in [0.15, 0.2) is 47.8 Å². The highest BCUT2D eigenvalue weighted by atomic mass is 16.5. The summed E-state index contributed by atoms with van der Waals surface area (Å²) in [6, 6.07) is 9.95. The number of hydrogen-bond acceptors (Lipinski definition) is 8. The summed E-state index contributed by atoms with van der Waals surface area (Å²) in [5.74, 6) is 1.31. The highest BCUT2D eigenvalue weighted by Crippen LogP contribution is 2.27. The Morgan fingerprint density at radius 3 is 2.39 bits per heavy atom. The van der Waals surface area contributed by atoms with E-state index < -0.39 is 0 Å². The van der Waals surface area contributed by atoms with E-state index >= 15 is 0 Å². The van der Waals surface area contributed by atoms with Crippen LogP contribution in [0.25, 0.3) is 0 Å². The standard InChI is InChI=1S/C27H37N7O2/c28-25-19-21(4-10-30-25)20-32-11-5-23(6-12-32)27(35)33-13-7-22(8-14-33)26(24-3-1-2-9-29-24)31-34-15-17-36-18-16-34/h1-4,9-10,19,22-23H,5-8,11-18,20H2,(H2,28,30). The number of pyridine rings is 2. The molecule has 9 nitrogen and oxygen atoms in total. The average molecular weight is 492 g/mol. The molecule has 2 aromatic heterocycles. The lowest BCUT2D eigenvalue weighted by Gasteiger charge is -2.38. The summed E-state index contributed by atoms with van der Waals surface area (Å²) in [4.78, 5) is 26.5. The first-order chi connectivity index (χ1) is 17.7. The number of anilines is 1. The van der Waals surface area contributed by atoms with Crippen molar-refractivity contribution in [2.75, 3.05) is 58.2 Å². The van der Waals surface area contributed by atoms with E-state index in [1.807, 2.05) is 36.5 Å². The molecule has 9 heteroatoms. The molecule has 3 aliphatic heterocycles. The molecule has 5 rings (SSSR count). The Bertz CT molecular complexity index is 1030. The quantitative estimate of drug-likeness (QED) is 0.619. The molecule has 0 unspecified atom stereocenters. The summed E-state index contributed by atoms with van der Waals surface area (Å²) in [6.07, 6.45) is 7.27. The van der Waals surface area contributed by atoms with Crippen molar-refractivity contribution in [3.63, 3.8) is 0 Å². The molecule has 2 N–H and O–H groups in total. The van der Waals surface area contributed by atoms with Gasteiger partial charge in [0.25, 0.3) is 0 Å². The molecule has 5 heterocycles. The second-order valence-electron chi connectivity index (χ2n) is 10.0. The predicted molar refractivity (Wildman–Crippen MR) is 139 cm³/mol. The fourth-order valence-electron chi connectivity index (χ4n) is 5.48. The van der Waals surface area contributed by atoms with Gasteiger partial charge in [0.1, 0.15) is 5.82 Å². The first-order valence-corrected chi connectivity index (χ1v) is 13.2. The van der Waals surface area contributed by atoms with Crippen molar-refractivity contribution in [1.29, 1.82) is 0 Å². The van der Waals surface area contributed by atoms with Crippen LogP contribution in [0.1, 0.15) is 36.9 Å².